The Hall–Kier alpha value is -2.21. The summed E-state index contributed by atoms with van der Waals surface area (Å²) >= 11 is 0. The molecule has 2 N–H and O–H groups in total. The Kier molecular flexibility index (Phi) is 5.53. The number of rotatable bonds is 4. The molecule has 0 bridgehead atoms. The van der Waals surface area contributed by atoms with Crippen molar-refractivity contribution in [1.29, 1.82) is 0 Å². The molecular formula is C21H27FN4O. The molecule has 144 valence electrons. The predicted octanol–water partition coefficient (Wildman–Crippen LogP) is 3.99. The maximum atomic E-state index is 14.5. The summed E-state index contributed by atoms with van der Waals surface area (Å²) in [7, 11) is 0. The van der Waals surface area contributed by atoms with Gasteiger partial charge in [0.2, 0.25) is 5.95 Å². The molecule has 0 amide bonds. The number of aliphatic hydroxyl groups excluding tert-OH is 1. The quantitative estimate of drug-likeness (QED) is 0.852. The number of aliphatic hydroxyl groups is 1. The van der Waals surface area contributed by atoms with E-state index in [1.807, 2.05) is 24.3 Å². The summed E-state index contributed by atoms with van der Waals surface area (Å²) in [6.45, 7) is 1.62. The monoisotopic (exact) mass is 370 g/mol. The average Bonchev–Trinajstić information content (AvgIpc) is 2.71. The first-order valence-corrected chi connectivity index (χ1v) is 10.0. The van der Waals surface area contributed by atoms with E-state index >= 15 is 0 Å². The Morgan fingerprint density at radius 2 is 1.85 bits per heavy atom. The average molecular weight is 370 g/mol. The molecule has 27 heavy (non-hydrogen) atoms. The van der Waals surface area contributed by atoms with Crippen LogP contribution in [0.25, 0.3) is 11.3 Å². The number of anilines is 2. The van der Waals surface area contributed by atoms with E-state index in [0.29, 0.717) is 17.7 Å². The van der Waals surface area contributed by atoms with Gasteiger partial charge >= 0.3 is 0 Å². The fraction of sp³-hybridized carbons (Fsp3) is 0.524. The molecule has 2 aromatic rings. The second-order valence-corrected chi connectivity index (χ2v) is 7.64. The molecule has 0 radical (unpaired) electrons. The topological polar surface area (TPSA) is 61.3 Å². The van der Waals surface area contributed by atoms with Crippen LogP contribution in [0.1, 0.15) is 44.9 Å². The lowest BCUT2D eigenvalue weighted by Crippen LogP contribution is -2.35. The molecule has 2 fully saturated rings. The van der Waals surface area contributed by atoms with E-state index in [1.165, 1.54) is 25.5 Å². The highest BCUT2D eigenvalue weighted by Gasteiger charge is 2.19. The lowest BCUT2D eigenvalue weighted by atomic mass is 9.96. The van der Waals surface area contributed by atoms with Gasteiger partial charge < -0.3 is 15.3 Å². The second-order valence-electron chi connectivity index (χ2n) is 7.64. The third-order valence-electron chi connectivity index (χ3n) is 5.63. The predicted molar refractivity (Wildman–Crippen MR) is 105 cm³/mol. The van der Waals surface area contributed by atoms with Crippen molar-refractivity contribution in [2.75, 3.05) is 23.3 Å². The lowest BCUT2D eigenvalue weighted by molar-refractivity contribution is 0.145. The summed E-state index contributed by atoms with van der Waals surface area (Å²) in [6, 6.07) is 8.21. The van der Waals surface area contributed by atoms with Crippen LogP contribution in [0.4, 0.5) is 16.0 Å². The van der Waals surface area contributed by atoms with Crippen LogP contribution in [0.3, 0.4) is 0 Å². The first-order valence-electron chi connectivity index (χ1n) is 10.0. The van der Waals surface area contributed by atoms with Gasteiger partial charge in [0.05, 0.1) is 12.3 Å². The Morgan fingerprint density at radius 1 is 1.07 bits per heavy atom. The van der Waals surface area contributed by atoms with Crippen molar-refractivity contribution >= 4 is 11.6 Å². The van der Waals surface area contributed by atoms with E-state index in [9.17, 15) is 9.50 Å². The number of hydrogen-bond acceptors (Lipinski definition) is 5. The van der Waals surface area contributed by atoms with Crippen LogP contribution in [0.2, 0.25) is 0 Å². The molecule has 0 atom stereocenters. The van der Waals surface area contributed by atoms with Crippen LogP contribution >= 0.6 is 0 Å². The minimum atomic E-state index is -0.407. The molecule has 4 rings (SSSR count). The highest BCUT2D eigenvalue weighted by molar-refractivity contribution is 5.67. The van der Waals surface area contributed by atoms with Gasteiger partial charge in [0.25, 0.3) is 0 Å². The number of hydrogen-bond donors (Lipinski definition) is 2. The van der Waals surface area contributed by atoms with Gasteiger partial charge in [-0.05, 0) is 37.8 Å². The van der Waals surface area contributed by atoms with Crippen molar-refractivity contribution in [2.24, 2.45) is 0 Å². The molecular weight excluding hydrogens is 343 g/mol. The van der Waals surface area contributed by atoms with E-state index in [1.54, 1.807) is 0 Å². The van der Waals surface area contributed by atoms with E-state index in [2.05, 4.69) is 20.2 Å². The summed E-state index contributed by atoms with van der Waals surface area (Å²) < 4.78 is 14.5. The van der Waals surface area contributed by atoms with Crippen molar-refractivity contribution in [3.8, 4) is 11.3 Å². The van der Waals surface area contributed by atoms with Gasteiger partial charge in [0.15, 0.2) is 5.82 Å². The van der Waals surface area contributed by atoms with Gasteiger partial charge in [-0.2, -0.15) is 0 Å². The summed E-state index contributed by atoms with van der Waals surface area (Å²) in [4.78, 5) is 10.9. The first-order chi connectivity index (χ1) is 13.2. The highest BCUT2D eigenvalue weighted by Crippen LogP contribution is 2.28. The van der Waals surface area contributed by atoms with Gasteiger partial charge in [-0.3, -0.25) is 0 Å². The van der Waals surface area contributed by atoms with Gasteiger partial charge in [0.1, 0.15) is 5.69 Å². The molecule has 1 aromatic heterocycles. The Morgan fingerprint density at radius 3 is 2.63 bits per heavy atom. The number of nitrogens with one attached hydrogen (secondary N) is 1. The molecule has 1 aliphatic carbocycles. The highest BCUT2D eigenvalue weighted by atomic mass is 19.1. The van der Waals surface area contributed by atoms with Gasteiger partial charge in [0, 0.05) is 30.4 Å². The maximum Gasteiger partial charge on any atom is 0.223 e. The van der Waals surface area contributed by atoms with E-state index < -0.39 is 5.82 Å². The minimum absolute atomic E-state index is 0.211. The zero-order valence-electron chi connectivity index (χ0n) is 15.6. The normalized spacial score (nSPS) is 19.3. The smallest absolute Gasteiger partial charge is 0.223 e. The summed E-state index contributed by atoms with van der Waals surface area (Å²) in [6.07, 6.45) is 8.54. The Bertz CT molecular complexity index is 771. The van der Waals surface area contributed by atoms with Crippen LogP contribution in [0, 0.1) is 5.82 Å². The number of halogens is 1. The van der Waals surface area contributed by atoms with E-state index in [0.717, 1.165) is 50.0 Å². The van der Waals surface area contributed by atoms with Crippen LogP contribution in [0.5, 0.6) is 0 Å². The van der Waals surface area contributed by atoms with E-state index in [-0.39, 0.29) is 6.10 Å². The maximum absolute atomic E-state index is 14.5. The molecule has 6 heteroatoms. The second kappa shape index (κ2) is 8.21. The molecule has 1 saturated carbocycles. The molecule has 5 nitrogen and oxygen atoms in total. The number of aromatic nitrogens is 2. The number of benzene rings is 1. The zero-order chi connectivity index (χ0) is 18.6. The molecule has 2 aliphatic rings. The number of nitrogens with zero attached hydrogens (tertiary/aromatic N) is 3. The molecule has 1 aliphatic heterocycles. The Labute approximate surface area is 159 Å². The van der Waals surface area contributed by atoms with Crippen LogP contribution in [0.15, 0.2) is 30.5 Å². The standard InChI is InChI=1S/C21H27FN4O/c22-19-14-23-21(24-16-6-2-1-3-7-16)25-20(19)15-5-4-8-17(13-15)26-11-9-18(27)10-12-26/h4-5,8,13-14,16,18,27H,1-3,6-7,9-12H2,(H,23,24,25). The van der Waals surface area contributed by atoms with Crippen molar-refractivity contribution in [3.63, 3.8) is 0 Å². The fourth-order valence-electron chi connectivity index (χ4n) is 4.04. The molecule has 2 heterocycles. The first kappa shape index (κ1) is 18.2. The van der Waals surface area contributed by atoms with Gasteiger partial charge in [-0.1, -0.05) is 31.4 Å². The van der Waals surface area contributed by atoms with Crippen LogP contribution < -0.4 is 10.2 Å². The van der Waals surface area contributed by atoms with Gasteiger partial charge in [-0.25, -0.2) is 14.4 Å². The van der Waals surface area contributed by atoms with E-state index in [4.69, 9.17) is 0 Å². The fourth-order valence-corrected chi connectivity index (χ4v) is 4.04. The summed E-state index contributed by atoms with van der Waals surface area (Å²) in [5.74, 6) is 0.0974. The SMILES string of the molecule is OC1CCN(c2cccc(-c3nc(NC4CCCCC4)ncc3F)c2)CC1. The molecule has 1 saturated heterocycles. The van der Waals surface area contributed by atoms with Crippen molar-refractivity contribution in [1.82, 2.24) is 9.97 Å². The molecule has 0 unspecified atom stereocenters. The number of piperidine rings is 1. The van der Waals surface area contributed by atoms with Crippen LogP contribution in [-0.4, -0.2) is 40.3 Å². The largest absolute Gasteiger partial charge is 0.393 e. The Balaban J connectivity index is 1.55. The zero-order valence-corrected chi connectivity index (χ0v) is 15.6. The summed E-state index contributed by atoms with van der Waals surface area (Å²) in [5.41, 5.74) is 2.13. The molecule has 1 aromatic carbocycles. The van der Waals surface area contributed by atoms with Crippen LogP contribution in [-0.2, 0) is 0 Å². The van der Waals surface area contributed by atoms with Crippen molar-refractivity contribution < 1.29 is 9.50 Å². The van der Waals surface area contributed by atoms with Gasteiger partial charge in [-0.15, -0.1) is 0 Å². The summed E-state index contributed by atoms with van der Waals surface area (Å²) in [5, 5.41) is 13.1. The minimum Gasteiger partial charge on any atom is -0.393 e. The van der Waals surface area contributed by atoms with Crippen molar-refractivity contribution in [2.45, 2.75) is 57.1 Å². The third kappa shape index (κ3) is 4.38. The third-order valence-corrected chi connectivity index (χ3v) is 5.63. The van der Waals surface area contributed by atoms with Crippen molar-refractivity contribution in [3.05, 3.63) is 36.3 Å². The molecule has 0 spiro atoms. The lowest BCUT2D eigenvalue weighted by Gasteiger charge is -2.31.